The molecule has 1 aromatic rings. The summed E-state index contributed by atoms with van der Waals surface area (Å²) in [7, 11) is 0. The fourth-order valence-corrected chi connectivity index (χ4v) is 4.76. The van der Waals surface area contributed by atoms with Gasteiger partial charge in [-0.05, 0) is 30.9 Å². The maximum absolute atomic E-state index is 12.3. The van der Waals surface area contributed by atoms with Gasteiger partial charge < -0.3 is 10.2 Å². The van der Waals surface area contributed by atoms with Crippen molar-refractivity contribution in [3.05, 3.63) is 35.4 Å². The Morgan fingerprint density at radius 3 is 2.80 bits per heavy atom. The molecule has 3 rings (SSSR count). The lowest BCUT2D eigenvalue weighted by molar-refractivity contribution is -0.130. The summed E-state index contributed by atoms with van der Waals surface area (Å²) >= 11 is 1.83. The molecule has 0 spiro atoms. The van der Waals surface area contributed by atoms with Crippen molar-refractivity contribution in [1.82, 2.24) is 10.2 Å². The zero-order valence-electron chi connectivity index (χ0n) is 15.0. The summed E-state index contributed by atoms with van der Waals surface area (Å²) in [6.07, 6.45) is 5.02. The van der Waals surface area contributed by atoms with Crippen LogP contribution >= 0.6 is 11.8 Å². The number of hydrogen-bond donors (Lipinski definition) is 1. The lowest BCUT2D eigenvalue weighted by Crippen LogP contribution is -2.37. The van der Waals surface area contributed by atoms with Gasteiger partial charge in [-0.1, -0.05) is 37.1 Å². The topological polar surface area (TPSA) is 49.4 Å². The van der Waals surface area contributed by atoms with Crippen LogP contribution in [0.2, 0.25) is 0 Å². The molecule has 2 fully saturated rings. The van der Waals surface area contributed by atoms with E-state index < -0.39 is 0 Å². The number of carbonyl (C=O) groups is 2. The van der Waals surface area contributed by atoms with Crippen molar-refractivity contribution in [3.8, 4) is 0 Å². The summed E-state index contributed by atoms with van der Waals surface area (Å²) in [5.41, 5.74) is 2.67. The number of aryl methyl sites for hydroxylation is 1. The fraction of sp³-hybridized carbons (Fsp3) is 0.600. The van der Waals surface area contributed by atoms with Crippen molar-refractivity contribution < 1.29 is 9.59 Å². The molecule has 1 N–H and O–H groups in total. The molecule has 1 aromatic carbocycles. The van der Waals surface area contributed by atoms with Gasteiger partial charge in [0.25, 0.3) is 0 Å². The van der Waals surface area contributed by atoms with Crippen LogP contribution in [-0.4, -0.2) is 41.6 Å². The van der Waals surface area contributed by atoms with Gasteiger partial charge in [0, 0.05) is 37.1 Å². The fourth-order valence-electron chi connectivity index (χ4n) is 3.82. The van der Waals surface area contributed by atoms with Crippen molar-refractivity contribution in [3.63, 3.8) is 0 Å². The summed E-state index contributed by atoms with van der Waals surface area (Å²) in [5, 5.41) is 3.02. The Labute approximate surface area is 154 Å². The van der Waals surface area contributed by atoms with Crippen molar-refractivity contribution in [2.24, 2.45) is 5.92 Å². The molecule has 5 heteroatoms. The number of thioether (sulfide) groups is 1. The summed E-state index contributed by atoms with van der Waals surface area (Å²) < 4.78 is 0. The van der Waals surface area contributed by atoms with E-state index in [9.17, 15) is 9.59 Å². The molecular formula is C20H28N2O2S. The Morgan fingerprint density at radius 1 is 1.28 bits per heavy atom. The van der Waals surface area contributed by atoms with Gasteiger partial charge in [-0.15, -0.1) is 0 Å². The number of amides is 2. The Morgan fingerprint density at radius 2 is 2.04 bits per heavy atom. The van der Waals surface area contributed by atoms with Crippen molar-refractivity contribution in [1.29, 1.82) is 0 Å². The predicted molar refractivity (Wildman–Crippen MR) is 102 cm³/mol. The van der Waals surface area contributed by atoms with Gasteiger partial charge in [0.1, 0.15) is 0 Å². The van der Waals surface area contributed by atoms with Crippen molar-refractivity contribution >= 4 is 23.6 Å². The Balaban J connectivity index is 1.35. The monoisotopic (exact) mass is 360 g/mol. The molecule has 1 saturated carbocycles. The largest absolute Gasteiger partial charge is 0.355 e. The minimum Gasteiger partial charge on any atom is -0.355 e. The zero-order valence-corrected chi connectivity index (χ0v) is 15.8. The Kier molecular flexibility index (Phi) is 6.40. The molecule has 136 valence electrons. The zero-order chi connectivity index (χ0) is 17.6. The highest BCUT2D eigenvalue weighted by Gasteiger charge is 2.38. The first-order chi connectivity index (χ1) is 12.1. The van der Waals surface area contributed by atoms with Gasteiger partial charge >= 0.3 is 0 Å². The molecule has 2 aliphatic rings. The second kappa shape index (κ2) is 8.75. The van der Waals surface area contributed by atoms with Gasteiger partial charge in [0.05, 0.1) is 5.92 Å². The molecule has 1 saturated heterocycles. The Hall–Kier alpha value is -1.49. The molecule has 1 aliphatic carbocycles. The van der Waals surface area contributed by atoms with Gasteiger partial charge in [-0.3, -0.25) is 9.59 Å². The molecule has 1 heterocycles. The average Bonchev–Trinajstić information content (AvgIpc) is 3.25. The van der Waals surface area contributed by atoms with Crippen LogP contribution in [-0.2, 0) is 15.3 Å². The molecule has 0 radical (unpaired) electrons. The minimum absolute atomic E-state index is 0.0466. The molecule has 1 aliphatic heterocycles. The van der Waals surface area contributed by atoms with Gasteiger partial charge in [-0.25, -0.2) is 0 Å². The lowest BCUT2D eigenvalue weighted by Gasteiger charge is -2.23. The number of hydrogen-bond acceptors (Lipinski definition) is 3. The highest BCUT2D eigenvalue weighted by atomic mass is 32.2. The van der Waals surface area contributed by atoms with E-state index in [1.165, 1.54) is 24.0 Å². The quantitative estimate of drug-likeness (QED) is 0.760. The van der Waals surface area contributed by atoms with Crippen molar-refractivity contribution in [2.45, 2.75) is 50.8 Å². The van der Waals surface area contributed by atoms with Crippen LogP contribution in [0.3, 0.4) is 0 Å². The number of nitrogens with zero attached hydrogens (tertiary/aromatic N) is 1. The number of likely N-dealkylation sites (tertiary alicyclic amines) is 1. The number of nitrogens with one attached hydrogen (secondary N) is 1. The van der Waals surface area contributed by atoms with E-state index in [0.29, 0.717) is 25.6 Å². The second-order valence-corrected chi connectivity index (χ2v) is 8.26. The summed E-state index contributed by atoms with van der Waals surface area (Å²) in [5.74, 6) is 1.92. The van der Waals surface area contributed by atoms with Crippen LogP contribution in [0.5, 0.6) is 0 Å². The molecule has 0 unspecified atom stereocenters. The summed E-state index contributed by atoms with van der Waals surface area (Å²) in [4.78, 5) is 26.5. The van der Waals surface area contributed by atoms with E-state index in [4.69, 9.17) is 0 Å². The number of benzene rings is 1. The van der Waals surface area contributed by atoms with Gasteiger partial charge in [-0.2, -0.15) is 11.8 Å². The first kappa shape index (κ1) is 18.3. The van der Waals surface area contributed by atoms with Gasteiger partial charge in [0.15, 0.2) is 0 Å². The lowest BCUT2D eigenvalue weighted by atomic mass is 10.1. The van der Waals surface area contributed by atoms with Crippen LogP contribution in [0.4, 0.5) is 0 Å². The Bertz CT molecular complexity index is 613. The summed E-state index contributed by atoms with van der Waals surface area (Å²) in [6, 6.07) is 8.79. The summed E-state index contributed by atoms with van der Waals surface area (Å²) in [6.45, 7) is 3.42. The third-order valence-electron chi connectivity index (χ3n) is 5.36. The second-order valence-electron chi connectivity index (χ2n) is 7.16. The van der Waals surface area contributed by atoms with Crippen LogP contribution in [0, 0.1) is 12.8 Å². The van der Waals surface area contributed by atoms with Crippen LogP contribution in [0.15, 0.2) is 24.3 Å². The smallest absolute Gasteiger partial charge is 0.225 e. The SMILES string of the molecule is Cc1ccccc1CSCCNC(=O)[C@@H]1CC(=O)N(C2CCCC2)C1. The van der Waals surface area contributed by atoms with E-state index in [-0.39, 0.29) is 17.7 Å². The van der Waals surface area contributed by atoms with E-state index >= 15 is 0 Å². The third kappa shape index (κ3) is 4.78. The first-order valence-electron chi connectivity index (χ1n) is 9.34. The molecule has 2 amide bonds. The maximum Gasteiger partial charge on any atom is 0.225 e. The predicted octanol–water partition coefficient (Wildman–Crippen LogP) is 3.14. The van der Waals surface area contributed by atoms with E-state index in [1.807, 2.05) is 16.7 Å². The third-order valence-corrected chi connectivity index (χ3v) is 6.37. The molecule has 1 atom stereocenters. The maximum atomic E-state index is 12.3. The van der Waals surface area contributed by atoms with E-state index in [2.05, 4.69) is 36.5 Å². The average molecular weight is 361 g/mol. The highest BCUT2D eigenvalue weighted by Crippen LogP contribution is 2.29. The van der Waals surface area contributed by atoms with Crippen LogP contribution < -0.4 is 5.32 Å². The minimum atomic E-state index is -0.158. The number of carbonyl (C=O) groups excluding carboxylic acids is 2. The van der Waals surface area contributed by atoms with Crippen LogP contribution in [0.1, 0.15) is 43.2 Å². The molecule has 4 nitrogen and oxygen atoms in total. The molecule has 0 aromatic heterocycles. The highest BCUT2D eigenvalue weighted by molar-refractivity contribution is 7.98. The van der Waals surface area contributed by atoms with Crippen molar-refractivity contribution in [2.75, 3.05) is 18.8 Å². The standard InChI is InChI=1S/C20H28N2O2S/c1-15-6-2-3-7-16(15)14-25-11-10-21-20(24)17-12-19(23)22(13-17)18-8-4-5-9-18/h2-3,6-7,17-18H,4-5,8-14H2,1H3,(H,21,24)/t17-/m1/s1. The van der Waals surface area contributed by atoms with E-state index in [1.54, 1.807) is 0 Å². The number of rotatable bonds is 7. The van der Waals surface area contributed by atoms with Gasteiger partial charge in [0.2, 0.25) is 11.8 Å². The molecule has 25 heavy (non-hydrogen) atoms. The normalized spacial score (nSPS) is 21.1. The first-order valence-corrected chi connectivity index (χ1v) is 10.5. The molecular weight excluding hydrogens is 332 g/mol. The van der Waals surface area contributed by atoms with Crippen LogP contribution in [0.25, 0.3) is 0 Å². The molecule has 0 bridgehead atoms. The van der Waals surface area contributed by atoms with E-state index in [0.717, 1.165) is 24.3 Å².